The van der Waals surface area contributed by atoms with Crippen molar-refractivity contribution in [3.8, 4) is 0 Å². The van der Waals surface area contributed by atoms with Crippen molar-refractivity contribution in [1.82, 2.24) is 20.2 Å². The molecular formula is C14H15N5. The number of nitrogens with two attached hydrogens (primary N) is 1. The molecule has 0 aliphatic rings. The molecule has 1 aromatic carbocycles. The standard InChI is InChI=1S/C14H15N5/c1-9-17-13-5-4-10(7-14(13)18-9)11(8-15)12-3-2-6-16-19-12/h2-7,11H,8,15H2,1H3,(H,17,18). The van der Waals surface area contributed by atoms with Crippen molar-refractivity contribution in [3.63, 3.8) is 0 Å². The smallest absolute Gasteiger partial charge is 0.104 e. The lowest BCUT2D eigenvalue weighted by Gasteiger charge is -2.13. The number of aromatic nitrogens is 4. The minimum Gasteiger partial charge on any atom is -0.342 e. The first-order valence-corrected chi connectivity index (χ1v) is 6.22. The maximum Gasteiger partial charge on any atom is 0.104 e. The lowest BCUT2D eigenvalue weighted by atomic mass is 9.95. The van der Waals surface area contributed by atoms with Crippen LogP contribution in [0.4, 0.5) is 0 Å². The van der Waals surface area contributed by atoms with Gasteiger partial charge in [-0.3, -0.25) is 0 Å². The van der Waals surface area contributed by atoms with Gasteiger partial charge in [-0.1, -0.05) is 6.07 Å². The van der Waals surface area contributed by atoms with E-state index in [9.17, 15) is 0 Å². The van der Waals surface area contributed by atoms with Crippen molar-refractivity contribution in [2.45, 2.75) is 12.8 Å². The van der Waals surface area contributed by atoms with E-state index in [0.717, 1.165) is 28.1 Å². The fourth-order valence-corrected chi connectivity index (χ4v) is 2.30. The van der Waals surface area contributed by atoms with Gasteiger partial charge in [-0.15, -0.1) is 0 Å². The van der Waals surface area contributed by atoms with E-state index >= 15 is 0 Å². The molecule has 3 aromatic rings. The van der Waals surface area contributed by atoms with Crippen molar-refractivity contribution in [1.29, 1.82) is 0 Å². The lowest BCUT2D eigenvalue weighted by Crippen LogP contribution is -2.15. The van der Waals surface area contributed by atoms with Gasteiger partial charge in [-0.2, -0.15) is 10.2 Å². The third kappa shape index (κ3) is 2.20. The summed E-state index contributed by atoms with van der Waals surface area (Å²) in [7, 11) is 0. The van der Waals surface area contributed by atoms with E-state index < -0.39 is 0 Å². The molecule has 0 saturated heterocycles. The van der Waals surface area contributed by atoms with Gasteiger partial charge < -0.3 is 10.7 Å². The van der Waals surface area contributed by atoms with E-state index in [2.05, 4.69) is 32.3 Å². The average Bonchev–Trinajstić information content (AvgIpc) is 2.80. The van der Waals surface area contributed by atoms with Crippen LogP contribution in [0, 0.1) is 6.92 Å². The molecular weight excluding hydrogens is 238 g/mol. The number of aromatic amines is 1. The third-order valence-corrected chi connectivity index (χ3v) is 3.21. The van der Waals surface area contributed by atoms with Crippen molar-refractivity contribution in [2.24, 2.45) is 5.73 Å². The molecule has 0 spiro atoms. The molecule has 0 aliphatic heterocycles. The molecule has 1 unspecified atom stereocenters. The zero-order chi connectivity index (χ0) is 13.2. The minimum atomic E-state index is 0.0571. The van der Waals surface area contributed by atoms with Gasteiger partial charge in [0.1, 0.15) is 5.82 Å². The van der Waals surface area contributed by atoms with E-state index in [4.69, 9.17) is 5.73 Å². The number of imidazole rings is 1. The van der Waals surface area contributed by atoms with Crippen LogP contribution in [-0.4, -0.2) is 26.7 Å². The zero-order valence-corrected chi connectivity index (χ0v) is 10.7. The van der Waals surface area contributed by atoms with Crippen LogP contribution < -0.4 is 5.73 Å². The fraction of sp³-hybridized carbons (Fsp3) is 0.214. The van der Waals surface area contributed by atoms with Gasteiger partial charge in [0, 0.05) is 18.7 Å². The van der Waals surface area contributed by atoms with Crippen LogP contribution in [0.15, 0.2) is 36.5 Å². The summed E-state index contributed by atoms with van der Waals surface area (Å²) >= 11 is 0. The molecule has 96 valence electrons. The largest absolute Gasteiger partial charge is 0.342 e. The summed E-state index contributed by atoms with van der Waals surface area (Å²) in [5, 5.41) is 8.08. The zero-order valence-electron chi connectivity index (χ0n) is 10.7. The van der Waals surface area contributed by atoms with Gasteiger partial charge in [0.05, 0.1) is 16.7 Å². The molecule has 0 saturated carbocycles. The summed E-state index contributed by atoms with van der Waals surface area (Å²) < 4.78 is 0. The Morgan fingerprint density at radius 1 is 1.32 bits per heavy atom. The highest BCUT2D eigenvalue weighted by atomic mass is 15.1. The summed E-state index contributed by atoms with van der Waals surface area (Å²) in [5.74, 6) is 0.970. The Balaban J connectivity index is 2.06. The predicted octanol–water partition coefficient (Wildman–Crippen LogP) is 1.75. The number of nitrogens with one attached hydrogen (secondary N) is 1. The number of aryl methyl sites for hydroxylation is 1. The fourth-order valence-electron chi connectivity index (χ4n) is 2.30. The number of benzene rings is 1. The summed E-state index contributed by atoms with van der Waals surface area (Å²) in [6.45, 7) is 2.44. The summed E-state index contributed by atoms with van der Waals surface area (Å²) in [5.41, 5.74) is 9.90. The highest BCUT2D eigenvalue weighted by Gasteiger charge is 2.15. The molecule has 0 radical (unpaired) electrons. The molecule has 2 aromatic heterocycles. The van der Waals surface area contributed by atoms with Gasteiger partial charge in [-0.05, 0) is 36.8 Å². The SMILES string of the molecule is Cc1nc2ccc(C(CN)c3cccnn3)cc2[nH]1. The van der Waals surface area contributed by atoms with E-state index in [1.165, 1.54) is 0 Å². The number of nitrogens with zero attached hydrogens (tertiary/aromatic N) is 3. The molecule has 3 rings (SSSR count). The van der Waals surface area contributed by atoms with Crippen molar-refractivity contribution in [2.75, 3.05) is 6.54 Å². The maximum absolute atomic E-state index is 5.89. The number of fused-ring (bicyclic) bond motifs is 1. The van der Waals surface area contributed by atoms with Gasteiger partial charge in [0.25, 0.3) is 0 Å². The maximum atomic E-state index is 5.89. The van der Waals surface area contributed by atoms with Crippen LogP contribution in [0.25, 0.3) is 11.0 Å². The summed E-state index contributed by atoms with van der Waals surface area (Å²) in [6.07, 6.45) is 1.67. The van der Waals surface area contributed by atoms with E-state index in [1.54, 1.807) is 6.20 Å². The van der Waals surface area contributed by atoms with Crippen molar-refractivity contribution in [3.05, 3.63) is 53.6 Å². The van der Waals surface area contributed by atoms with Crippen molar-refractivity contribution >= 4 is 11.0 Å². The molecule has 0 fully saturated rings. The Bertz CT molecular complexity index is 689. The molecule has 0 aliphatic carbocycles. The lowest BCUT2D eigenvalue weighted by molar-refractivity contribution is 0.761. The van der Waals surface area contributed by atoms with Crippen molar-refractivity contribution < 1.29 is 0 Å². The molecule has 1 atom stereocenters. The van der Waals surface area contributed by atoms with Crippen LogP contribution >= 0.6 is 0 Å². The molecule has 0 amide bonds. The average molecular weight is 253 g/mol. The second-order valence-corrected chi connectivity index (χ2v) is 4.54. The van der Waals surface area contributed by atoms with Gasteiger partial charge >= 0.3 is 0 Å². The Morgan fingerprint density at radius 3 is 2.95 bits per heavy atom. The van der Waals surface area contributed by atoms with Crippen LogP contribution in [-0.2, 0) is 0 Å². The Hall–Kier alpha value is -2.27. The molecule has 19 heavy (non-hydrogen) atoms. The van der Waals surface area contributed by atoms with Crippen LogP contribution in [0.3, 0.4) is 0 Å². The first kappa shape index (κ1) is 11.8. The van der Waals surface area contributed by atoms with Crippen LogP contribution in [0.2, 0.25) is 0 Å². The van der Waals surface area contributed by atoms with E-state index in [1.807, 2.05) is 25.1 Å². The Kier molecular flexibility index (Phi) is 2.97. The summed E-state index contributed by atoms with van der Waals surface area (Å²) in [4.78, 5) is 7.64. The highest BCUT2D eigenvalue weighted by Crippen LogP contribution is 2.24. The molecule has 0 bridgehead atoms. The summed E-state index contributed by atoms with van der Waals surface area (Å²) in [6, 6.07) is 9.97. The minimum absolute atomic E-state index is 0.0571. The molecule has 2 heterocycles. The third-order valence-electron chi connectivity index (χ3n) is 3.21. The normalized spacial score (nSPS) is 12.7. The van der Waals surface area contributed by atoms with Gasteiger partial charge in [0.15, 0.2) is 0 Å². The monoisotopic (exact) mass is 253 g/mol. The molecule has 5 heteroatoms. The number of rotatable bonds is 3. The first-order valence-electron chi connectivity index (χ1n) is 6.22. The Labute approximate surface area is 110 Å². The second-order valence-electron chi connectivity index (χ2n) is 4.54. The topological polar surface area (TPSA) is 80.5 Å². The molecule has 3 N–H and O–H groups in total. The quantitative estimate of drug-likeness (QED) is 0.745. The second kappa shape index (κ2) is 4.78. The first-order chi connectivity index (χ1) is 9.28. The molecule has 5 nitrogen and oxygen atoms in total. The van der Waals surface area contributed by atoms with Crippen LogP contribution in [0.1, 0.15) is 23.0 Å². The Morgan fingerprint density at radius 2 is 2.21 bits per heavy atom. The number of hydrogen-bond acceptors (Lipinski definition) is 4. The number of H-pyrrole nitrogens is 1. The van der Waals surface area contributed by atoms with E-state index in [0.29, 0.717) is 6.54 Å². The highest BCUT2D eigenvalue weighted by molar-refractivity contribution is 5.76. The van der Waals surface area contributed by atoms with E-state index in [-0.39, 0.29) is 5.92 Å². The number of hydrogen-bond donors (Lipinski definition) is 2. The van der Waals surface area contributed by atoms with Gasteiger partial charge in [-0.25, -0.2) is 4.98 Å². The van der Waals surface area contributed by atoms with Crippen LogP contribution in [0.5, 0.6) is 0 Å². The predicted molar refractivity (Wildman–Crippen MR) is 73.8 cm³/mol. The van der Waals surface area contributed by atoms with Gasteiger partial charge in [0.2, 0.25) is 0 Å².